The number of benzene rings is 2. The van der Waals surface area contributed by atoms with Crippen LogP contribution in [0.5, 0.6) is 0 Å². The van der Waals surface area contributed by atoms with E-state index >= 15 is 0 Å². The lowest BCUT2D eigenvalue weighted by atomic mass is 10.1. The highest BCUT2D eigenvalue weighted by atomic mass is 79.9. The standard InChI is InChI=1S/C14H10BrN3O/c15-11-5-6-13(12(17)7-11)18-14(19)10-3-1-9(8-16)2-4-10/h1-7H,17H2,(H,18,19). The number of amides is 1. The zero-order chi connectivity index (χ0) is 13.8. The van der Waals surface area contributed by atoms with Crippen molar-refractivity contribution in [1.29, 1.82) is 5.26 Å². The molecule has 3 N–H and O–H groups in total. The third-order valence-electron chi connectivity index (χ3n) is 2.54. The van der Waals surface area contributed by atoms with E-state index in [2.05, 4.69) is 21.2 Å². The number of hydrogen-bond acceptors (Lipinski definition) is 3. The fraction of sp³-hybridized carbons (Fsp3) is 0. The Labute approximate surface area is 119 Å². The van der Waals surface area contributed by atoms with Crippen LogP contribution in [0, 0.1) is 11.3 Å². The van der Waals surface area contributed by atoms with Crippen LogP contribution >= 0.6 is 15.9 Å². The minimum absolute atomic E-state index is 0.265. The van der Waals surface area contributed by atoms with Gasteiger partial charge in [0.2, 0.25) is 0 Å². The molecule has 2 aromatic rings. The van der Waals surface area contributed by atoms with Crippen molar-refractivity contribution in [3.63, 3.8) is 0 Å². The Bertz CT molecular complexity index is 659. The lowest BCUT2D eigenvalue weighted by Crippen LogP contribution is -2.13. The molecule has 1 amide bonds. The van der Waals surface area contributed by atoms with Gasteiger partial charge in [-0.1, -0.05) is 15.9 Å². The molecule has 4 nitrogen and oxygen atoms in total. The van der Waals surface area contributed by atoms with Gasteiger partial charge in [-0.05, 0) is 42.5 Å². The average molecular weight is 316 g/mol. The molecule has 0 aliphatic heterocycles. The zero-order valence-electron chi connectivity index (χ0n) is 9.85. The van der Waals surface area contributed by atoms with Crippen LogP contribution in [-0.4, -0.2) is 5.91 Å². The molecule has 0 bridgehead atoms. The maximum absolute atomic E-state index is 12.0. The fourth-order valence-corrected chi connectivity index (χ4v) is 1.92. The molecule has 5 heteroatoms. The van der Waals surface area contributed by atoms with Crippen LogP contribution < -0.4 is 11.1 Å². The molecule has 94 valence electrons. The van der Waals surface area contributed by atoms with Gasteiger partial charge >= 0.3 is 0 Å². The Morgan fingerprint density at radius 3 is 2.47 bits per heavy atom. The normalized spacial score (nSPS) is 9.68. The number of nitriles is 1. The highest BCUT2D eigenvalue weighted by Crippen LogP contribution is 2.23. The monoisotopic (exact) mass is 315 g/mol. The Morgan fingerprint density at radius 2 is 1.89 bits per heavy atom. The second kappa shape index (κ2) is 5.55. The topological polar surface area (TPSA) is 78.9 Å². The first-order valence-corrected chi connectivity index (χ1v) is 6.26. The van der Waals surface area contributed by atoms with Gasteiger partial charge < -0.3 is 11.1 Å². The summed E-state index contributed by atoms with van der Waals surface area (Å²) in [6.45, 7) is 0. The summed E-state index contributed by atoms with van der Waals surface area (Å²) in [4.78, 5) is 12.0. The van der Waals surface area contributed by atoms with E-state index in [-0.39, 0.29) is 5.91 Å². The number of nitrogens with one attached hydrogen (secondary N) is 1. The van der Waals surface area contributed by atoms with Crippen LogP contribution in [0.15, 0.2) is 46.9 Å². The van der Waals surface area contributed by atoms with Crippen molar-refractivity contribution >= 4 is 33.2 Å². The Morgan fingerprint density at radius 1 is 1.21 bits per heavy atom. The summed E-state index contributed by atoms with van der Waals surface area (Å²) in [5.74, 6) is -0.265. The smallest absolute Gasteiger partial charge is 0.255 e. The molecule has 2 rings (SSSR count). The van der Waals surface area contributed by atoms with Crippen molar-refractivity contribution in [2.75, 3.05) is 11.1 Å². The van der Waals surface area contributed by atoms with E-state index in [4.69, 9.17) is 11.0 Å². The molecule has 0 aliphatic carbocycles. The maximum Gasteiger partial charge on any atom is 0.255 e. The molecule has 0 spiro atoms. The van der Waals surface area contributed by atoms with Crippen molar-refractivity contribution in [1.82, 2.24) is 0 Å². The molecule has 0 aliphatic rings. The van der Waals surface area contributed by atoms with Crippen LogP contribution in [0.1, 0.15) is 15.9 Å². The van der Waals surface area contributed by atoms with Crippen LogP contribution in [0.25, 0.3) is 0 Å². The number of hydrogen-bond donors (Lipinski definition) is 2. The third-order valence-corrected chi connectivity index (χ3v) is 3.03. The molecule has 2 aromatic carbocycles. The first-order chi connectivity index (χ1) is 9.10. The SMILES string of the molecule is N#Cc1ccc(C(=O)Nc2ccc(Br)cc2N)cc1. The van der Waals surface area contributed by atoms with Crippen LogP contribution in [-0.2, 0) is 0 Å². The van der Waals surface area contributed by atoms with Gasteiger partial charge in [-0.15, -0.1) is 0 Å². The van der Waals surface area contributed by atoms with Gasteiger partial charge in [0.25, 0.3) is 5.91 Å². The number of nitrogens with two attached hydrogens (primary N) is 1. The molecule has 0 saturated heterocycles. The van der Waals surface area contributed by atoms with Gasteiger partial charge in [0.1, 0.15) is 0 Å². The van der Waals surface area contributed by atoms with Crippen molar-refractivity contribution in [2.24, 2.45) is 0 Å². The quantitative estimate of drug-likeness (QED) is 0.835. The first kappa shape index (κ1) is 13.1. The largest absolute Gasteiger partial charge is 0.397 e. The van der Waals surface area contributed by atoms with Crippen molar-refractivity contribution in [3.8, 4) is 6.07 Å². The summed E-state index contributed by atoms with van der Waals surface area (Å²) in [6.07, 6.45) is 0. The number of nitrogen functional groups attached to an aromatic ring is 1. The Kier molecular flexibility index (Phi) is 3.83. The van der Waals surface area contributed by atoms with E-state index in [0.29, 0.717) is 22.5 Å². The molecule has 0 saturated carbocycles. The van der Waals surface area contributed by atoms with E-state index in [9.17, 15) is 4.79 Å². The molecule has 0 atom stereocenters. The van der Waals surface area contributed by atoms with Gasteiger partial charge in [-0.3, -0.25) is 4.79 Å². The number of halogens is 1. The predicted molar refractivity (Wildman–Crippen MR) is 77.7 cm³/mol. The summed E-state index contributed by atoms with van der Waals surface area (Å²) in [6, 6.07) is 13.6. The molecule has 0 heterocycles. The number of anilines is 2. The van der Waals surface area contributed by atoms with E-state index in [1.54, 1.807) is 42.5 Å². The number of carbonyl (C=O) groups is 1. The van der Waals surface area contributed by atoms with Crippen molar-refractivity contribution < 1.29 is 4.79 Å². The second-order valence-electron chi connectivity index (χ2n) is 3.87. The Hall–Kier alpha value is -2.32. The zero-order valence-corrected chi connectivity index (χ0v) is 11.4. The highest BCUT2D eigenvalue weighted by molar-refractivity contribution is 9.10. The molecular weight excluding hydrogens is 306 g/mol. The van der Waals surface area contributed by atoms with E-state index in [1.165, 1.54) is 0 Å². The van der Waals surface area contributed by atoms with Crippen LogP contribution in [0.4, 0.5) is 11.4 Å². The van der Waals surface area contributed by atoms with Crippen molar-refractivity contribution in [2.45, 2.75) is 0 Å². The van der Waals surface area contributed by atoms with Gasteiger partial charge in [0, 0.05) is 10.0 Å². The minimum Gasteiger partial charge on any atom is -0.397 e. The predicted octanol–water partition coefficient (Wildman–Crippen LogP) is 3.16. The second-order valence-corrected chi connectivity index (χ2v) is 4.79. The summed E-state index contributed by atoms with van der Waals surface area (Å²) in [5.41, 5.74) is 7.83. The van der Waals surface area contributed by atoms with Gasteiger partial charge in [0.05, 0.1) is 23.0 Å². The fourth-order valence-electron chi connectivity index (χ4n) is 1.54. The van der Waals surface area contributed by atoms with Crippen molar-refractivity contribution in [3.05, 3.63) is 58.1 Å². The lowest BCUT2D eigenvalue weighted by Gasteiger charge is -2.08. The summed E-state index contributed by atoms with van der Waals surface area (Å²) in [7, 11) is 0. The van der Waals surface area contributed by atoms with Crippen LogP contribution in [0.3, 0.4) is 0 Å². The highest BCUT2D eigenvalue weighted by Gasteiger charge is 2.08. The molecule has 0 fully saturated rings. The number of rotatable bonds is 2. The molecule has 19 heavy (non-hydrogen) atoms. The third kappa shape index (κ3) is 3.12. The van der Waals surface area contributed by atoms with E-state index in [0.717, 1.165) is 4.47 Å². The molecule has 0 radical (unpaired) electrons. The van der Waals surface area contributed by atoms with Gasteiger partial charge in [-0.25, -0.2) is 0 Å². The summed E-state index contributed by atoms with van der Waals surface area (Å²) in [5, 5.41) is 11.4. The van der Waals surface area contributed by atoms with E-state index in [1.807, 2.05) is 6.07 Å². The summed E-state index contributed by atoms with van der Waals surface area (Å²) >= 11 is 3.30. The van der Waals surface area contributed by atoms with Gasteiger partial charge in [0.15, 0.2) is 0 Å². The summed E-state index contributed by atoms with van der Waals surface area (Å²) < 4.78 is 0.848. The van der Waals surface area contributed by atoms with Gasteiger partial charge in [-0.2, -0.15) is 5.26 Å². The first-order valence-electron chi connectivity index (χ1n) is 5.46. The minimum atomic E-state index is -0.265. The molecule has 0 unspecified atom stereocenters. The maximum atomic E-state index is 12.0. The van der Waals surface area contributed by atoms with E-state index < -0.39 is 0 Å². The average Bonchev–Trinajstić information content (AvgIpc) is 2.42. The number of nitrogens with zero attached hydrogens (tertiary/aromatic N) is 1. The lowest BCUT2D eigenvalue weighted by molar-refractivity contribution is 0.102. The molecule has 0 aromatic heterocycles. The molecular formula is C14H10BrN3O. The Balaban J connectivity index is 2.18. The number of carbonyl (C=O) groups excluding carboxylic acids is 1. The van der Waals surface area contributed by atoms with Crippen LogP contribution in [0.2, 0.25) is 0 Å².